The molecule has 0 radical (unpaired) electrons. The maximum atomic E-state index is 12.6. The first-order valence-corrected chi connectivity index (χ1v) is 8.37. The third-order valence-electron chi connectivity index (χ3n) is 4.09. The quantitative estimate of drug-likeness (QED) is 0.722. The molecule has 1 aliphatic rings. The SMILES string of the molecule is CN(C1CC[NH+](C)CC1)S(=O)(=O)c1ccc(C(=O)[O-])cc1. The van der Waals surface area contributed by atoms with Crippen molar-refractivity contribution in [2.24, 2.45) is 0 Å². The lowest BCUT2D eigenvalue weighted by molar-refractivity contribution is -0.885. The van der Waals surface area contributed by atoms with E-state index in [2.05, 4.69) is 7.05 Å². The number of nitrogens with one attached hydrogen (secondary N) is 1. The van der Waals surface area contributed by atoms with Crippen LogP contribution < -0.4 is 10.0 Å². The molecule has 1 N–H and O–H groups in total. The molecule has 0 aliphatic carbocycles. The van der Waals surface area contributed by atoms with Gasteiger partial charge in [-0.25, -0.2) is 8.42 Å². The minimum atomic E-state index is -3.59. The van der Waals surface area contributed by atoms with Gasteiger partial charge in [-0.2, -0.15) is 4.31 Å². The number of rotatable bonds is 4. The number of benzene rings is 1. The summed E-state index contributed by atoms with van der Waals surface area (Å²) in [6, 6.07) is 5.15. The Labute approximate surface area is 125 Å². The topological polar surface area (TPSA) is 82.0 Å². The molecule has 1 aromatic rings. The van der Waals surface area contributed by atoms with Crippen molar-refractivity contribution >= 4 is 16.0 Å². The van der Waals surface area contributed by atoms with Gasteiger partial charge >= 0.3 is 0 Å². The van der Waals surface area contributed by atoms with Gasteiger partial charge in [0.05, 0.1) is 31.0 Å². The largest absolute Gasteiger partial charge is 0.545 e. The van der Waals surface area contributed by atoms with Gasteiger partial charge in [-0.05, 0) is 17.7 Å². The molecule has 0 spiro atoms. The highest BCUT2D eigenvalue weighted by atomic mass is 32.2. The molecule has 0 aromatic heterocycles. The fourth-order valence-corrected chi connectivity index (χ4v) is 4.00. The maximum Gasteiger partial charge on any atom is 0.243 e. The number of carbonyl (C=O) groups is 1. The number of carbonyl (C=O) groups excluding carboxylic acids is 1. The number of aromatic carboxylic acids is 1. The van der Waals surface area contributed by atoms with Crippen LogP contribution in [0.3, 0.4) is 0 Å². The minimum absolute atomic E-state index is 0.000447. The van der Waals surface area contributed by atoms with Crippen molar-refractivity contribution in [1.29, 1.82) is 0 Å². The molecule has 2 rings (SSSR count). The summed E-state index contributed by atoms with van der Waals surface area (Å²) in [6.07, 6.45) is 1.66. The van der Waals surface area contributed by atoms with Crippen LogP contribution in [0.5, 0.6) is 0 Å². The standard InChI is InChI=1S/C14H20N2O4S/c1-15-9-7-12(8-10-15)16(2)21(19,20)13-5-3-11(4-6-13)14(17)18/h3-6,12H,7-10H2,1-2H3,(H,17,18). The van der Waals surface area contributed by atoms with Crippen molar-refractivity contribution in [3.05, 3.63) is 29.8 Å². The van der Waals surface area contributed by atoms with Gasteiger partial charge in [-0.1, -0.05) is 12.1 Å². The second kappa shape index (κ2) is 6.13. The molecule has 1 heterocycles. The molecule has 1 saturated heterocycles. The minimum Gasteiger partial charge on any atom is -0.545 e. The Morgan fingerprint density at radius 2 is 1.76 bits per heavy atom. The van der Waals surface area contributed by atoms with Crippen LogP contribution in [-0.2, 0) is 10.0 Å². The normalized spacial score (nSPS) is 23.2. The maximum absolute atomic E-state index is 12.6. The summed E-state index contributed by atoms with van der Waals surface area (Å²) >= 11 is 0. The average Bonchev–Trinajstić information content (AvgIpc) is 2.47. The first-order valence-electron chi connectivity index (χ1n) is 6.93. The summed E-state index contributed by atoms with van der Waals surface area (Å²) < 4.78 is 26.5. The van der Waals surface area contributed by atoms with Crippen LogP contribution in [0.2, 0.25) is 0 Å². The molecule has 0 atom stereocenters. The number of nitrogens with zero attached hydrogens (tertiary/aromatic N) is 1. The number of sulfonamides is 1. The molecule has 6 nitrogen and oxygen atoms in total. The molecule has 7 heteroatoms. The monoisotopic (exact) mass is 312 g/mol. The van der Waals surface area contributed by atoms with Crippen LogP contribution in [0.1, 0.15) is 23.2 Å². The third-order valence-corrected chi connectivity index (χ3v) is 6.01. The van der Waals surface area contributed by atoms with Gasteiger partial charge < -0.3 is 14.8 Å². The van der Waals surface area contributed by atoms with Crippen molar-refractivity contribution in [3.63, 3.8) is 0 Å². The van der Waals surface area contributed by atoms with Crippen molar-refractivity contribution in [2.45, 2.75) is 23.8 Å². The Bertz CT molecular complexity index is 604. The highest BCUT2D eigenvalue weighted by Gasteiger charge is 2.31. The van der Waals surface area contributed by atoms with Gasteiger partial charge in [-0.15, -0.1) is 0 Å². The van der Waals surface area contributed by atoms with E-state index in [1.54, 1.807) is 7.05 Å². The van der Waals surface area contributed by atoms with Crippen LogP contribution >= 0.6 is 0 Å². The smallest absolute Gasteiger partial charge is 0.243 e. The number of quaternary nitrogens is 1. The fourth-order valence-electron chi connectivity index (χ4n) is 2.58. The summed E-state index contributed by atoms with van der Waals surface area (Å²) in [5.41, 5.74) is -0.0282. The van der Waals surface area contributed by atoms with Crippen LogP contribution in [-0.4, -0.2) is 51.9 Å². The molecular weight excluding hydrogens is 292 g/mol. The number of carboxylic acids is 1. The molecule has 0 amide bonds. The van der Waals surface area contributed by atoms with Crippen molar-refractivity contribution < 1.29 is 23.2 Å². The average molecular weight is 312 g/mol. The Hall–Kier alpha value is -1.44. The van der Waals surface area contributed by atoms with E-state index in [1.807, 2.05) is 0 Å². The summed E-state index contributed by atoms with van der Waals surface area (Å²) in [4.78, 5) is 12.2. The van der Waals surface area contributed by atoms with E-state index in [-0.39, 0.29) is 16.5 Å². The number of carboxylic acid groups (broad SMARTS) is 1. The number of hydrogen-bond acceptors (Lipinski definition) is 4. The van der Waals surface area contributed by atoms with Crippen LogP contribution in [0.4, 0.5) is 0 Å². The lowest BCUT2D eigenvalue weighted by atomic mass is 10.1. The highest BCUT2D eigenvalue weighted by molar-refractivity contribution is 7.89. The molecule has 21 heavy (non-hydrogen) atoms. The fraction of sp³-hybridized carbons (Fsp3) is 0.500. The van der Waals surface area contributed by atoms with Gasteiger partial charge in [0.2, 0.25) is 10.0 Å². The first kappa shape index (κ1) is 15.9. The Balaban J connectivity index is 2.18. The zero-order chi connectivity index (χ0) is 15.6. The van der Waals surface area contributed by atoms with E-state index >= 15 is 0 Å². The number of hydrogen-bond donors (Lipinski definition) is 1. The summed E-state index contributed by atoms with van der Waals surface area (Å²) in [7, 11) is 0.103. The van der Waals surface area contributed by atoms with Crippen molar-refractivity contribution in [1.82, 2.24) is 4.31 Å². The van der Waals surface area contributed by atoms with E-state index in [0.29, 0.717) is 0 Å². The second-order valence-corrected chi connectivity index (χ2v) is 7.52. The zero-order valence-electron chi connectivity index (χ0n) is 12.2. The molecule has 116 valence electrons. The van der Waals surface area contributed by atoms with Gasteiger partial charge in [0.1, 0.15) is 0 Å². The third kappa shape index (κ3) is 3.42. The van der Waals surface area contributed by atoms with Crippen molar-refractivity contribution in [2.75, 3.05) is 27.2 Å². The van der Waals surface area contributed by atoms with Crippen LogP contribution in [0, 0.1) is 0 Å². The second-order valence-electron chi connectivity index (χ2n) is 5.52. The zero-order valence-corrected chi connectivity index (χ0v) is 13.0. The summed E-state index contributed by atoms with van der Waals surface area (Å²) in [5, 5.41) is 10.7. The van der Waals surface area contributed by atoms with Crippen LogP contribution in [0.25, 0.3) is 0 Å². The predicted octanol–water partition coefficient (Wildman–Crippen LogP) is -1.65. The lowest BCUT2D eigenvalue weighted by Crippen LogP contribution is -3.10. The summed E-state index contributed by atoms with van der Waals surface area (Å²) in [5.74, 6) is -1.31. The number of likely N-dealkylation sites (tertiary alicyclic amines) is 1. The van der Waals surface area contributed by atoms with E-state index < -0.39 is 16.0 Å². The van der Waals surface area contributed by atoms with E-state index in [1.165, 1.54) is 33.5 Å². The molecule has 0 bridgehead atoms. The van der Waals surface area contributed by atoms with E-state index in [9.17, 15) is 18.3 Å². The molecule has 1 fully saturated rings. The van der Waals surface area contributed by atoms with Gasteiger partial charge in [0.25, 0.3) is 0 Å². The molecule has 1 aliphatic heterocycles. The molecule has 1 aromatic carbocycles. The molecular formula is C14H20N2O4S. The van der Waals surface area contributed by atoms with E-state index in [4.69, 9.17) is 0 Å². The summed E-state index contributed by atoms with van der Waals surface area (Å²) in [6.45, 7) is 1.91. The Morgan fingerprint density at radius 1 is 1.24 bits per heavy atom. The van der Waals surface area contributed by atoms with Gasteiger partial charge in [0.15, 0.2) is 0 Å². The predicted molar refractivity (Wildman–Crippen MR) is 75.4 cm³/mol. The lowest BCUT2D eigenvalue weighted by Gasteiger charge is -2.32. The highest BCUT2D eigenvalue weighted by Crippen LogP contribution is 2.20. The molecule has 0 saturated carbocycles. The van der Waals surface area contributed by atoms with Gasteiger partial charge in [-0.3, -0.25) is 0 Å². The van der Waals surface area contributed by atoms with Crippen LogP contribution in [0.15, 0.2) is 29.2 Å². The Kier molecular flexibility index (Phi) is 4.65. The molecule has 0 unspecified atom stereocenters. The number of piperidine rings is 1. The van der Waals surface area contributed by atoms with E-state index in [0.717, 1.165) is 25.9 Å². The van der Waals surface area contributed by atoms with Crippen molar-refractivity contribution in [3.8, 4) is 0 Å². The Morgan fingerprint density at radius 3 is 2.24 bits per heavy atom. The first-order chi connectivity index (χ1) is 9.82. The van der Waals surface area contributed by atoms with Gasteiger partial charge in [0, 0.05) is 25.9 Å².